The molecule has 4 aliphatic rings. The average molecular weight is 475 g/mol. The van der Waals surface area contributed by atoms with Crippen LogP contribution in [0.3, 0.4) is 0 Å². The van der Waals surface area contributed by atoms with Gasteiger partial charge in [0.2, 0.25) is 5.91 Å². The first-order valence-electron chi connectivity index (χ1n) is 12.6. The molecule has 2 aromatic rings. The maximum absolute atomic E-state index is 12.7. The van der Waals surface area contributed by atoms with E-state index in [1.165, 1.54) is 11.1 Å². The van der Waals surface area contributed by atoms with Gasteiger partial charge < -0.3 is 20.5 Å². The minimum absolute atomic E-state index is 0.000737. The van der Waals surface area contributed by atoms with Crippen molar-refractivity contribution in [1.82, 2.24) is 10.6 Å². The lowest BCUT2D eigenvalue weighted by Gasteiger charge is -2.41. The summed E-state index contributed by atoms with van der Waals surface area (Å²) in [6, 6.07) is 16.5. The summed E-state index contributed by atoms with van der Waals surface area (Å²) in [4.78, 5) is 36.7. The highest BCUT2D eigenvalue weighted by molar-refractivity contribution is 5.81. The number of aliphatic carboxylic acids is 1. The number of hydrogen-bond donors (Lipinski definition) is 3. The highest BCUT2D eigenvalue weighted by atomic mass is 16.5. The molecule has 0 saturated heterocycles. The van der Waals surface area contributed by atoms with Gasteiger partial charge in [0.05, 0.1) is 11.5 Å². The zero-order valence-corrected chi connectivity index (χ0v) is 19.5. The molecule has 0 bridgehead atoms. The molecule has 4 unspecified atom stereocenters. The largest absolute Gasteiger partial charge is 0.481 e. The predicted molar refractivity (Wildman–Crippen MR) is 129 cm³/mol. The van der Waals surface area contributed by atoms with E-state index in [0.29, 0.717) is 12.3 Å². The molecule has 7 heteroatoms. The smallest absolute Gasteiger partial charge is 0.407 e. The summed E-state index contributed by atoms with van der Waals surface area (Å²) in [6.45, 7) is 0.248. The number of rotatable bonds is 7. The number of hydrogen-bond acceptors (Lipinski definition) is 4. The Morgan fingerprint density at radius 3 is 2.23 bits per heavy atom. The Balaban J connectivity index is 1.01. The van der Waals surface area contributed by atoms with Gasteiger partial charge in [-0.05, 0) is 66.2 Å². The summed E-state index contributed by atoms with van der Waals surface area (Å²) >= 11 is 0. The molecule has 3 fully saturated rings. The third kappa shape index (κ3) is 4.07. The Bertz CT molecular complexity index is 1140. The van der Waals surface area contributed by atoms with E-state index in [1.807, 2.05) is 24.3 Å². The highest BCUT2D eigenvalue weighted by Gasteiger charge is 2.51. The number of amides is 2. The van der Waals surface area contributed by atoms with Gasteiger partial charge in [-0.15, -0.1) is 0 Å². The lowest BCUT2D eigenvalue weighted by molar-refractivity contribution is -0.141. The summed E-state index contributed by atoms with van der Waals surface area (Å²) in [5.74, 6) is -0.408. The number of alkyl carbamates (subject to hydrolysis) is 1. The molecule has 0 spiro atoms. The van der Waals surface area contributed by atoms with Gasteiger partial charge in [-0.3, -0.25) is 9.59 Å². The van der Waals surface area contributed by atoms with Crippen molar-refractivity contribution >= 4 is 18.0 Å². The fourth-order valence-electron chi connectivity index (χ4n) is 6.51. The van der Waals surface area contributed by atoms with Crippen LogP contribution in [0.4, 0.5) is 4.79 Å². The maximum atomic E-state index is 12.7. The monoisotopic (exact) mass is 474 g/mol. The van der Waals surface area contributed by atoms with Gasteiger partial charge in [0.15, 0.2) is 0 Å². The number of benzene rings is 2. The van der Waals surface area contributed by atoms with Crippen molar-refractivity contribution in [1.29, 1.82) is 0 Å². The summed E-state index contributed by atoms with van der Waals surface area (Å²) in [5.41, 5.74) is 4.16. The molecule has 7 nitrogen and oxygen atoms in total. The van der Waals surface area contributed by atoms with Gasteiger partial charge >= 0.3 is 12.1 Å². The van der Waals surface area contributed by atoms with Crippen LogP contribution in [-0.4, -0.2) is 41.3 Å². The predicted octanol–water partition coefficient (Wildman–Crippen LogP) is 4.06. The van der Waals surface area contributed by atoms with Crippen LogP contribution < -0.4 is 10.6 Å². The first kappa shape index (κ1) is 22.1. The van der Waals surface area contributed by atoms with Crippen LogP contribution in [0.15, 0.2) is 48.5 Å². The quantitative estimate of drug-likeness (QED) is 0.561. The Labute approximate surface area is 204 Å². The Hall–Kier alpha value is -3.35. The maximum Gasteiger partial charge on any atom is 0.407 e. The molecule has 182 valence electrons. The van der Waals surface area contributed by atoms with E-state index in [4.69, 9.17) is 4.74 Å². The molecule has 3 N–H and O–H groups in total. The van der Waals surface area contributed by atoms with Crippen molar-refractivity contribution < 1.29 is 24.2 Å². The molecule has 6 rings (SSSR count). The molecule has 0 radical (unpaired) electrons. The van der Waals surface area contributed by atoms with Crippen LogP contribution in [0.25, 0.3) is 11.1 Å². The van der Waals surface area contributed by atoms with Gasteiger partial charge in [-0.1, -0.05) is 48.5 Å². The summed E-state index contributed by atoms with van der Waals surface area (Å²) in [5, 5.41) is 15.3. The molecule has 35 heavy (non-hydrogen) atoms. The van der Waals surface area contributed by atoms with Gasteiger partial charge in [0.1, 0.15) is 6.61 Å². The van der Waals surface area contributed by atoms with E-state index in [0.717, 1.165) is 36.8 Å². The lowest BCUT2D eigenvalue weighted by Crippen LogP contribution is -2.52. The van der Waals surface area contributed by atoms with Gasteiger partial charge in [0.25, 0.3) is 0 Å². The Kier molecular flexibility index (Phi) is 5.31. The van der Waals surface area contributed by atoms with Crippen LogP contribution in [0, 0.1) is 17.8 Å². The summed E-state index contributed by atoms with van der Waals surface area (Å²) in [7, 11) is 0. The fourth-order valence-corrected chi connectivity index (χ4v) is 6.51. The topological polar surface area (TPSA) is 105 Å². The number of ether oxygens (including phenoxy) is 1. The minimum Gasteiger partial charge on any atom is -0.481 e. The van der Waals surface area contributed by atoms with E-state index in [2.05, 4.69) is 34.9 Å². The van der Waals surface area contributed by atoms with E-state index >= 15 is 0 Å². The average Bonchev–Trinajstić information content (AvgIpc) is 3.36. The Morgan fingerprint density at radius 2 is 1.60 bits per heavy atom. The normalized spacial score (nSPS) is 27.1. The van der Waals surface area contributed by atoms with Gasteiger partial charge in [-0.2, -0.15) is 0 Å². The van der Waals surface area contributed by atoms with Gasteiger partial charge in [0, 0.05) is 18.4 Å². The lowest BCUT2D eigenvalue weighted by atomic mass is 9.71. The van der Waals surface area contributed by atoms with E-state index in [1.54, 1.807) is 0 Å². The molecule has 3 saturated carbocycles. The van der Waals surface area contributed by atoms with Crippen LogP contribution in [0.5, 0.6) is 0 Å². The minimum atomic E-state index is -0.728. The molecule has 2 amide bonds. The number of carbonyl (C=O) groups excluding carboxylic acids is 2. The standard InChI is InChI=1S/C28H30N2O5/c31-25(29-24-13-16-11-17(26(32)33)12-22(16)24)14-28(9-10-28)30-27(34)35-15-23-20-7-3-1-5-18(20)19-6-2-4-8-21(19)23/h1-8,16-17,22-24H,9-15H2,(H,29,31)(H,30,34)(H,32,33). The van der Waals surface area contributed by atoms with Crippen LogP contribution in [-0.2, 0) is 14.3 Å². The van der Waals surface area contributed by atoms with Crippen molar-refractivity contribution in [3.63, 3.8) is 0 Å². The SMILES string of the molecule is O=C(CC1(NC(=O)OCC2c3ccccc3-c3ccccc32)CC1)NC1CC2CC(C(=O)O)CC21. The zero-order valence-electron chi connectivity index (χ0n) is 19.5. The molecule has 4 aliphatic carbocycles. The number of carbonyl (C=O) groups is 3. The van der Waals surface area contributed by atoms with E-state index in [9.17, 15) is 19.5 Å². The van der Waals surface area contributed by atoms with Crippen LogP contribution in [0.1, 0.15) is 55.6 Å². The first-order chi connectivity index (χ1) is 16.9. The van der Waals surface area contributed by atoms with Gasteiger partial charge in [-0.25, -0.2) is 4.79 Å². The third-order valence-corrected chi connectivity index (χ3v) is 8.58. The van der Waals surface area contributed by atoms with Crippen LogP contribution >= 0.6 is 0 Å². The zero-order chi connectivity index (χ0) is 24.2. The number of carboxylic acid groups (broad SMARTS) is 1. The molecular formula is C28H30N2O5. The second kappa shape index (κ2) is 8.40. The van der Waals surface area contributed by atoms with Crippen LogP contribution in [0.2, 0.25) is 0 Å². The molecule has 0 aliphatic heterocycles. The molecular weight excluding hydrogens is 444 g/mol. The van der Waals surface area contributed by atoms with Crippen molar-refractivity contribution in [2.24, 2.45) is 17.8 Å². The fraction of sp³-hybridized carbons (Fsp3) is 0.464. The van der Waals surface area contributed by atoms with E-state index in [-0.39, 0.29) is 42.7 Å². The molecule has 2 aromatic carbocycles. The summed E-state index contributed by atoms with van der Waals surface area (Å²) < 4.78 is 5.66. The second-order valence-electron chi connectivity index (χ2n) is 10.7. The summed E-state index contributed by atoms with van der Waals surface area (Å²) in [6.07, 6.45) is 3.47. The number of carboxylic acids is 1. The van der Waals surface area contributed by atoms with Crippen molar-refractivity contribution in [2.45, 2.75) is 56.0 Å². The van der Waals surface area contributed by atoms with Crippen molar-refractivity contribution in [3.8, 4) is 11.1 Å². The third-order valence-electron chi connectivity index (χ3n) is 8.58. The molecule has 0 heterocycles. The van der Waals surface area contributed by atoms with Crippen molar-refractivity contribution in [3.05, 3.63) is 59.7 Å². The molecule has 4 atom stereocenters. The number of nitrogens with one attached hydrogen (secondary N) is 2. The number of fused-ring (bicyclic) bond motifs is 4. The highest BCUT2D eigenvalue weighted by Crippen LogP contribution is 2.50. The van der Waals surface area contributed by atoms with E-state index < -0.39 is 17.6 Å². The van der Waals surface area contributed by atoms with Crippen molar-refractivity contribution in [2.75, 3.05) is 6.61 Å². The Morgan fingerprint density at radius 1 is 0.943 bits per heavy atom. The first-order valence-corrected chi connectivity index (χ1v) is 12.6. The molecule has 0 aromatic heterocycles. The second-order valence-corrected chi connectivity index (χ2v) is 10.7.